The molecular formula is C14H20ClN3O2. The highest BCUT2D eigenvalue weighted by atomic mass is 35.5. The third kappa shape index (κ3) is 5.48. The van der Waals surface area contributed by atoms with Crippen LogP contribution in [0.3, 0.4) is 0 Å². The molecule has 0 fully saturated rings. The minimum Gasteiger partial charge on any atom is -0.354 e. The zero-order chi connectivity index (χ0) is 15.1. The summed E-state index contributed by atoms with van der Waals surface area (Å²) in [6.07, 6.45) is 0. The molecule has 3 amide bonds. The van der Waals surface area contributed by atoms with Crippen LogP contribution in [-0.4, -0.2) is 25.0 Å². The van der Waals surface area contributed by atoms with E-state index in [0.29, 0.717) is 23.8 Å². The predicted molar refractivity (Wildman–Crippen MR) is 81.1 cm³/mol. The maximum Gasteiger partial charge on any atom is 0.319 e. The third-order valence-electron chi connectivity index (χ3n) is 2.66. The van der Waals surface area contributed by atoms with E-state index in [1.807, 2.05) is 26.8 Å². The normalized spacial score (nSPS) is 10.2. The van der Waals surface area contributed by atoms with Gasteiger partial charge in [-0.1, -0.05) is 31.5 Å². The molecule has 0 saturated carbocycles. The largest absolute Gasteiger partial charge is 0.354 e. The van der Waals surface area contributed by atoms with Crippen molar-refractivity contribution in [3.63, 3.8) is 0 Å². The van der Waals surface area contributed by atoms with Gasteiger partial charge in [0, 0.05) is 29.7 Å². The number of hydrogen-bond acceptors (Lipinski definition) is 2. The van der Waals surface area contributed by atoms with Crippen LogP contribution in [0.5, 0.6) is 0 Å². The Hall–Kier alpha value is -1.75. The number of anilines is 1. The molecule has 110 valence electrons. The Kier molecular flexibility index (Phi) is 6.31. The second-order valence-corrected chi connectivity index (χ2v) is 5.20. The topological polar surface area (TPSA) is 70.2 Å². The Morgan fingerprint density at radius 2 is 1.85 bits per heavy atom. The van der Waals surface area contributed by atoms with Gasteiger partial charge in [-0.15, -0.1) is 0 Å². The molecule has 3 N–H and O–H groups in total. The average molecular weight is 298 g/mol. The van der Waals surface area contributed by atoms with Gasteiger partial charge < -0.3 is 16.0 Å². The molecular weight excluding hydrogens is 278 g/mol. The monoisotopic (exact) mass is 297 g/mol. The number of nitrogens with one attached hydrogen (secondary N) is 3. The Balaban J connectivity index is 2.30. The molecule has 1 aromatic rings. The van der Waals surface area contributed by atoms with E-state index >= 15 is 0 Å². The van der Waals surface area contributed by atoms with Crippen molar-refractivity contribution in [3.8, 4) is 0 Å². The van der Waals surface area contributed by atoms with E-state index in [-0.39, 0.29) is 17.9 Å². The molecule has 0 aliphatic rings. The second kappa shape index (κ2) is 7.75. The van der Waals surface area contributed by atoms with Crippen LogP contribution in [0.4, 0.5) is 10.5 Å². The van der Waals surface area contributed by atoms with Gasteiger partial charge in [-0.05, 0) is 24.6 Å². The van der Waals surface area contributed by atoms with Crippen molar-refractivity contribution in [3.05, 3.63) is 28.8 Å². The van der Waals surface area contributed by atoms with Gasteiger partial charge >= 0.3 is 6.03 Å². The quantitative estimate of drug-likeness (QED) is 0.731. The molecule has 0 atom stereocenters. The summed E-state index contributed by atoms with van der Waals surface area (Å²) in [6.45, 7) is 6.29. The number of halogens is 1. The lowest BCUT2D eigenvalue weighted by Crippen LogP contribution is -2.38. The van der Waals surface area contributed by atoms with Crippen molar-refractivity contribution < 1.29 is 9.59 Å². The fraction of sp³-hybridized carbons (Fsp3) is 0.429. The number of carbonyl (C=O) groups excluding carboxylic acids is 2. The van der Waals surface area contributed by atoms with Crippen molar-refractivity contribution in [2.45, 2.75) is 20.8 Å². The maximum absolute atomic E-state index is 11.6. The van der Waals surface area contributed by atoms with Crippen molar-refractivity contribution in [1.29, 1.82) is 0 Å². The highest BCUT2D eigenvalue weighted by molar-refractivity contribution is 6.31. The standard InChI is InChI=1S/C14H20ClN3O2/c1-9(2)13(19)16-6-7-17-14(20)18-11-5-4-10(3)12(15)8-11/h4-5,8-9H,6-7H2,1-3H3,(H,16,19)(H2,17,18,20). The van der Waals surface area contributed by atoms with Gasteiger partial charge in [0.25, 0.3) is 0 Å². The van der Waals surface area contributed by atoms with Crippen LogP contribution in [0, 0.1) is 12.8 Å². The fourth-order valence-electron chi connectivity index (χ4n) is 1.41. The molecule has 20 heavy (non-hydrogen) atoms. The highest BCUT2D eigenvalue weighted by Gasteiger charge is 2.06. The molecule has 0 heterocycles. The van der Waals surface area contributed by atoms with E-state index in [1.54, 1.807) is 12.1 Å². The van der Waals surface area contributed by atoms with Gasteiger partial charge in [-0.3, -0.25) is 4.79 Å². The Morgan fingerprint density at radius 3 is 2.45 bits per heavy atom. The smallest absolute Gasteiger partial charge is 0.319 e. The summed E-state index contributed by atoms with van der Waals surface area (Å²) < 4.78 is 0. The minimum absolute atomic E-state index is 0.0301. The lowest BCUT2D eigenvalue weighted by atomic mass is 10.2. The van der Waals surface area contributed by atoms with Gasteiger partial charge in [0.2, 0.25) is 5.91 Å². The van der Waals surface area contributed by atoms with Crippen molar-refractivity contribution in [1.82, 2.24) is 10.6 Å². The molecule has 0 spiro atoms. The first-order valence-electron chi connectivity index (χ1n) is 6.49. The molecule has 1 aromatic carbocycles. The van der Waals surface area contributed by atoms with E-state index in [0.717, 1.165) is 5.56 Å². The summed E-state index contributed by atoms with van der Waals surface area (Å²) in [5.74, 6) is -0.0870. The highest BCUT2D eigenvalue weighted by Crippen LogP contribution is 2.19. The van der Waals surface area contributed by atoms with Crippen LogP contribution in [0.1, 0.15) is 19.4 Å². The number of aryl methyl sites for hydroxylation is 1. The summed E-state index contributed by atoms with van der Waals surface area (Å²) in [4.78, 5) is 22.9. The number of urea groups is 1. The molecule has 0 unspecified atom stereocenters. The molecule has 1 rings (SSSR count). The Labute approximate surface area is 124 Å². The first kappa shape index (κ1) is 16.3. The molecule has 0 aliphatic carbocycles. The van der Waals surface area contributed by atoms with E-state index < -0.39 is 0 Å². The van der Waals surface area contributed by atoms with Gasteiger partial charge in [0.15, 0.2) is 0 Å². The molecule has 0 aromatic heterocycles. The fourth-order valence-corrected chi connectivity index (χ4v) is 1.59. The van der Waals surface area contributed by atoms with E-state index in [4.69, 9.17) is 11.6 Å². The number of benzene rings is 1. The number of carbonyl (C=O) groups is 2. The predicted octanol–water partition coefficient (Wildman–Crippen LogP) is 2.54. The summed E-state index contributed by atoms with van der Waals surface area (Å²) in [5.41, 5.74) is 1.58. The zero-order valence-electron chi connectivity index (χ0n) is 11.9. The van der Waals surface area contributed by atoms with Gasteiger partial charge in [0.05, 0.1) is 0 Å². The van der Waals surface area contributed by atoms with Crippen molar-refractivity contribution >= 4 is 29.2 Å². The lowest BCUT2D eigenvalue weighted by Gasteiger charge is -2.10. The van der Waals surface area contributed by atoms with Crippen molar-refractivity contribution in [2.24, 2.45) is 5.92 Å². The lowest BCUT2D eigenvalue weighted by molar-refractivity contribution is -0.123. The first-order chi connectivity index (χ1) is 9.40. The second-order valence-electron chi connectivity index (χ2n) is 4.79. The number of rotatable bonds is 5. The summed E-state index contributed by atoms with van der Waals surface area (Å²) in [5, 5.41) is 8.64. The molecule has 0 saturated heterocycles. The van der Waals surface area contributed by atoms with Crippen LogP contribution in [0.15, 0.2) is 18.2 Å². The molecule has 5 nitrogen and oxygen atoms in total. The van der Waals surface area contributed by atoms with Gasteiger partial charge in [-0.2, -0.15) is 0 Å². The van der Waals surface area contributed by atoms with Crippen LogP contribution < -0.4 is 16.0 Å². The van der Waals surface area contributed by atoms with E-state index in [1.165, 1.54) is 0 Å². The van der Waals surface area contributed by atoms with Gasteiger partial charge in [0.1, 0.15) is 0 Å². The van der Waals surface area contributed by atoms with Crippen LogP contribution in [0.25, 0.3) is 0 Å². The molecule has 0 radical (unpaired) electrons. The molecule has 6 heteroatoms. The first-order valence-corrected chi connectivity index (χ1v) is 6.86. The van der Waals surface area contributed by atoms with Crippen molar-refractivity contribution in [2.75, 3.05) is 18.4 Å². The summed E-state index contributed by atoms with van der Waals surface area (Å²) >= 11 is 5.97. The summed E-state index contributed by atoms with van der Waals surface area (Å²) in [6, 6.07) is 4.97. The molecule has 0 bridgehead atoms. The van der Waals surface area contributed by atoms with Crippen LogP contribution >= 0.6 is 11.6 Å². The Morgan fingerprint density at radius 1 is 1.20 bits per heavy atom. The van der Waals surface area contributed by atoms with Crippen LogP contribution in [0.2, 0.25) is 5.02 Å². The Bertz CT molecular complexity index is 489. The maximum atomic E-state index is 11.6. The SMILES string of the molecule is Cc1ccc(NC(=O)NCCNC(=O)C(C)C)cc1Cl. The van der Waals surface area contributed by atoms with E-state index in [2.05, 4.69) is 16.0 Å². The summed E-state index contributed by atoms with van der Waals surface area (Å²) in [7, 11) is 0. The number of amides is 3. The van der Waals surface area contributed by atoms with E-state index in [9.17, 15) is 9.59 Å². The average Bonchev–Trinajstić information content (AvgIpc) is 2.38. The van der Waals surface area contributed by atoms with Gasteiger partial charge in [-0.25, -0.2) is 4.79 Å². The third-order valence-corrected chi connectivity index (χ3v) is 3.07. The van der Waals surface area contributed by atoms with Crippen LogP contribution in [-0.2, 0) is 4.79 Å². The molecule has 0 aliphatic heterocycles. The number of hydrogen-bond donors (Lipinski definition) is 3. The minimum atomic E-state index is -0.330. The zero-order valence-corrected chi connectivity index (χ0v) is 12.7.